The van der Waals surface area contributed by atoms with Crippen LogP contribution in [0.4, 0.5) is 5.13 Å². The molecule has 0 saturated carbocycles. The molecule has 0 aliphatic heterocycles. The normalized spacial score (nSPS) is 12.2. The van der Waals surface area contributed by atoms with Crippen molar-refractivity contribution in [3.8, 4) is 5.75 Å². The second kappa shape index (κ2) is 8.66. The third-order valence-corrected chi connectivity index (χ3v) is 5.51. The minimum Gasteiger partial charge on any atom is -0.496 e. The van der Waals surface area contributed by atoms with E-state index >= 15 is 0 Å². The Kier molecular flexibility index (Phi) is 6.87. The lowest BCUT2D eigenvalue weighted by Gasteiger charge is -2.16. The van der Waals surface area contributed by atoms with Gasteiger partial charge in [0.2, 0.25) is 0 Å². The molecule has 1 aromatic carbocycles. The molecule has 6 heteroatoms. The summed E-state index contributed by atoms with van der Waals surface area (Å²) in [5.41, 5.74) is 1.23. The number of methoxy groups -OCH3 is 1. The predicted octanol–water partition coefficient (Wildman–Crippen LogP) is 4.61. The number of benzene rings is 1. The van der Waals surface area contributed by atoms with E-state index in [1.807, 2.05) is 12.3 Å². The molecule has 1 heterocycles. The topological polar surface area (TPSA) is 37.4 Å². The minimum absolute atomic E-state index is 0.260. The van der Waals surface area contributed by atoms with Crippen molar-refractivity contribution in [2.24, 2.45) is 0 Å². The number of rotatable bonds is 8. The summed E-state index contributed by atoms with van der Waals surface area (Å²) in [7, 11) is 1.68. The Morgan fingerprint density at radius 2 is 2.09 bits per heavy atom. The van der Waals surface area contributed by atoms with Gasteiger partial charge in [0.05, 0.1) is 11.6 Å². The summed E-state index contributed by atoms with van der Waals surface area (Å²) in [4.78, 5) is 8.06. The maximum Gasteiger partial charge on any atom is 0.185 e. The zero-order valence-electron chi connectivity index (χ0n) is 14.1. The largest absolute Gasteiger partial charge is 0.496 e. The van der Waals surface area contributed by atoms with E-state index in [2.05, 4.69) is 64.0 Å². The Morgan fingerprint density at radius 1 is 1.35 bits per heavy atom. The van der Waals surface area contributed by atoms with Crippen LogP contribution in [0.3, 0.4) is 0 Å². The minimum atomic E-state index is 0.260. The second-order valence-electron chi connectivity index (χ2n) is 5.28. The van der Waals surface area contributed by atoms with Crippen LogP contribution in [-0.4, -0.2) is 25.2 Å². The first-order valence-corrected chi connectivity index (χ1v) is 9.46. The van der Waals surface area contributed by atoms with Gasteiger partial charge in [0, 0.05) is 36.8 Å². The number of nitrogens with zero attached hydrogens (tertiary/aromatic N) is 2. The number of hydrogen-bond acceptors (Lipinski definition) is 5. The first-order valence-electron chi connectivity index (χ1n) is 7.85. The average molecular weight is 398 g/mol. The van der Waals surface area contributed by atoms with Gasteiger partial charge in [0.25, 0.3) is 0 Å². The van der Waals surface area contributed by atoms with E-state index in [1.165, 1.54) is 10.4 Å². The molecule has 0 aliphatic carbocycles. The van der Waals surface area contributed by atoms with Gasteiger partial charge in [-0.3, -0.25) is 0 Å². The summed E-state index contributed by atoms with van der Waals surface area (Å²) in [6, 6.07) is 6.44. The quantitative estimate of drug-likeness (QED) is 0.705. The van der Waals surface area contributed by atoms with Crippen molar-refractivity contribution in [2.75, 3.05) is 25.1 Å². The van der Waals surface area contributed by atoms with Crippen LogP contribution in [0.2, 0.25) is 0 Å². The fourth-order valence-electron chi connectivity index (χ4n) is 2.34. The van der Waals surface area contributed by atoms with Gasteiger partial charge in [-0.25, -0.2) is 4.98 Å². The van der Waals surface area contributed by atoms with Crippen molar-refractivity contribution in [1.29, 1.82) is 0 Å². The van der Waals surface area contributed by atoms with E-state index in [0.29, 0.717) is 0 Å². The number of anilines is 1. The number of aromatic nitrogens is 1. The van der Waals surface area contributed by atoms with Crippen LogP contribution in [0.1, 0.15) is 37.3 Å². The molecule has 0 fully saturated rings. The van der Waals surface area contributed by atoms with Gasteiger partial charge in [-0.2, -0.15) is 0 Å². The van der Waals surface area contributed by atoms with Gasteiger partial charge in [-0.1, -0.05) is 6.07 Å². The fraction of sp³-hybridized carbons (Fsp3) is 0.471. The Bertz CT molecular complexity index is 628. The highest BCUT2D eigenvalue weighted by Crippen LogP contribution is 2.28. The zero-order chi connectivity index (χ0) is 16.8. The predicted molar refractivity (Wildman–Crippen MR) is 102 cm³/mol. The highest BCUT2D eigenvalue weighted by atomic mass is 79.9. The van der Waals surface area contributed by atoms with Gasteiger partial charge >= 0.3 is 0 Å². The number of nitrogens with one attached hydrogen (secondary N) is 1. The summed E-state index contributed by atoms with van der Waals surface area (Å²) >= 11 is 5.30. The molecule has 0 spiro atoms. The molecule has 1 atom stereocenters. The van der Waals surface area contributed by atoms with Crippen molar-refractivity contribution < 1.29 is 4.74 Å². The zero-order valence-corrected chi connectivity index (χ0v) is 16.5. The summed E-state index contributed by atoms with van der Waals surface area (Å²) in [5, 5.41) is 4.66. The summed E-state index contributed by atoms with van der Waals surface area (Å²) in [6.45, 7) is 9.30. The molecular weight excluding hydrogens is 374 g/mol. The van der Waals surface area contributed by atoms with Crippen LogP contribution in [0.25, 0.3) is 0 Å². The van der Waals surface area contributed by atoms with E-state index in [4.69, 9.17) is 4.74 Å². The van der Waals surface area contributed by atoms with Crippen LogP contribution in [0.15, 0.2) is 28.9 Å². The molecule has 4 nitrogen and oxygen atoms in total. The number of halogens is 1. The molecule has 0 saturated heterocycles. The molecule has 0 bridgehead atoms. The molecular formula is C17H24BrN3OS. The van der Waals surface area contributed by atoms with Gasteiger partial charge in [0.15, 0.2) is 5.13 Å². The lowest BCUT2D eigenvalue weighted by Crippen LogP contribution is -2.21. The maximum absolute atomic E-state index is 5.28. The van der Waals surface area contributed by atoms with Crippen LogP contribution in [-0.2, 0) is 6.54 Å². The van der Waals surface area contributed by atoms with E-state index < -0.39 is 0 Å². The molecule has 1 N–H and O–H groups in total. The highest BCUT2D eigenvalue weighted by molar-refractivity contribution is 9.10. The van der Waals surface area contributed by atoms with Crippen molar-refractivity contribution in [3.63, 3.8) is 0 Å². The molecule has 0 aliphatic rings. The molecule has 0 amide bonds. The lowest BCUT2D eigenvalue weighted by atomic mass is 10.1. The SMILES string of the molecule is CCN(CC)c1ncc(CNC(C)c2ccc(OC)c(Br)c2)s1. The van der Waals surface area contributed by atoms with Crippen LogP contribution in [0, 0.1) is 0 Å². The van der Waals surface area contributed by atoms with Gasteiger partial charge in [-0.05, 0) is 54.4 Å². The van der Waals surface area contributed by atoms with E-state index in [1.54, 1.807) is 18.4 Å². The van der Waals surface area contributed by atoms with Crippen LogP contribution >= 0.6 is 27.3 Å². The van der Waals surface area contributed by atoms with E-state index in [9.17, 15) is 0 Å². The highest BCUT2D eigenvalue weighted by Gasteiger charge is 2.11. The molecule has 23 heavy (non-hydrogen) atoms. The average Bonchev–Trinajstić information content (AvgIpc) is 3.02. The van der Waals surface area contributed by atoms with Crippen molar-refractivity contribution >= 4 is 32.4 Å². The third kappa shape index (κ3) is 4.68. The van der Waals surface area contributed by atoms with Crippen molar-refractivity contribution in [3.05, 3.63) is 39.3 Å². The Hall–Kier alpha value is -1.11. The molecule has 0 radical (unpaired) electrons. The summed E-state index contributed by atoms with van der Waals surface area (Å²) in [5.74, 6) is 0.854. The van der Waals surface area contributed by atoms with Crippen LogP contribution in [0.5, 0.6) is 5.75 Å². The Balaban J connectivity index is 1.96. The standard InChI is InChI=1S/C17H24BrN3OS/c1-5-21(6-2)17-20-11-14(23-17)10-19-12(3)13-7-8-16(22-4)15(18)9-13/h7-9,11-12,19H,5-6,10H2,1-4H3. The second-order valence-corrected chi connectivity index (χ2v) is 7.23. The van der Waals surface area contributed by atoms with E-state index in [0.717, 1.165) is 35.0 Å². The smallest absolute Gasteiger partial charge is 0.185 e. The van der Waals surface area contributed by atoms with Crippen molar-refractivity contribution in [1.82, 2.24) is 10.3 Å². The first-order chi connectivity index (χ1) is 11.1. The number of hydrogen-bond donors (Lipinski definition) is 1. The monoisotopic (exact) mass is 397 g/mol. The number of ether oxygens (including phenoxy) is 1. The summed E-state index contributed by atoms with van der Waals surface area (Å²) < 4.78 is 6.26. The Labute approximate surface area is 151 Å². The Morgan fingerprint density at radius 3 is 2.70 bits per heavy atom. The van der Waals surface area contributed by atoms with Gasteiger partial charge in [0.1, 0.15) is 5.75 Å². The van der Waals surface area contributed by atoms with E-state index in [-0.39, 0.29) is 6.04 Å². The van der Waals surface area contributed by atoms with Crippen molar-refractivity contribution in [2.45, 2.75) is 33.4 Å². The van der Waals surface area contributed by atoms with Gasteiger partial charge in [-0.15, -0.1) is 11.3 Å². The first kappa shape index (κ1) is 18.2. The maximum atomic E-state index is 5.28. The molecule has 1 aromatic heterocycles. The third-order valence-electron chi connectivity index (χ3n) is 3.83. The lowest BCUT2D eigenvalue weighted by molar-refractivity contribution is 0.411. The fourth-order valence-corrected chi connectivity index (χ4v) is 3.89. The van der Waals surface area contributed by atoms with Crippen LogP contribution < -0.4 is 15.0 Å². The molecule has 1 unspecified atom stereocenters. The number of thiazole rings is 1. The molecule has 2 rings (SSSR count). The molecule has 2 aromatic rings. The summed E-state index contributed by atoms with van der Waals surface area (Å²) in [6.07, 6.45) is 1.97. The molecule has 126 valence electrons. The van der Waals surface area contributed by atoms with Gasteiger partial charge < -0.3 is 15.0 Å².